The highest BCUT2D eigenvalue weighted by molar-refractivity contribution is 7.89. The van der Waals surface area contributed by atoms with Crippen molar-refractivity contribution in [1.82, 2.24) is 9.62 Å². The predicted molar refractivity (Wildman–Crippen MR) is 108 cm³/mol. The maximum absolute atomic E-state index is 12.7. The van der Waals surface area contributed by atoms with Crippen molar-refractivity contribution < 1.29 is 27.5 Å². The minimum atomic E-state index is -3.91. The lowest BCUT2D eigenvalue weighted by atomic mass is 10.0. The standard InChI is InChI=1S/C20H30N2O6S/c1-14(2)13-18(21-29(25,26)17-7-5-15(3)6-8-17)20(24)28-16(4)19(23)22-9-11-27-12-10-22/h5-8,14,16,18,21H,9-13H2,1-4H3. The Labute approximate surface area is 172 Å². The van der Waals surface area contributed by atoms with E-state index in [9.17, 15) is 18.0 Å². The number of aryl methyl sites for hydroxylation is 1. The molecule has 0 aromatic heterocycles. The smallest absolute Gasteiger partial charge is 0.324 e. The molecule has 1 aromatic carbocycles. The number of hydrogen-bond donors (Lipinski definition) is 1. The van der Waals surface area contributed by atoms with E-state index in [0.717, 1.165) is 5.56 Å². The van der Waals surface area contributed by atoms with E-state index in [1.807, 2.05) is 20.8 Å². The van der Waals surface area contributed by atoms with Crippen LogP contribution in [0.4, 0.5) is 0 Å². The zero-order valence-electron chi connectivity index (χ0n) is 17.4. The van der Waals surface area contributed by atoms with Crippen LogP contribution in [0.3, 0.4) is 0 Å². The highest BCUT2D eigenvalue weighted by Crippen LogP contribution is 2.15. The Hall–Kier alpha value is -1.97. The molecule has 1 heterocycles. The van der Waals surface area contributed by atoms with Crippen molar-refractivity contribution in [3.05, 3.63) is 29.8 Å². The van der Waals surface area contributed by atoms with Gasteiger partial charge in [-0.15, -0.1) is 0 Å². The number of rotatable bonds is 8. The SMILES string of the molecule is Cc1ccc(S(=O)(=O)NC(CC(C)C)C(=O)OC(C)C(=O)N2CCOCC2)cc1. The van der Waals surface area contributed by atoms with Gasteiger partial charge in [-0.05, 0) is 38.3 Å². The Balaban J connectivity index is 2.08. The highest BCUT2D eigenvalue weighted by atomic mass is 32.2. The summed E-state index contributed by atoms with van der Waals surface area (Å²) < 4.78 is 38.4. The van der Waals surface area contributed by atoms with E-state index in [2.05, 4.69) is 4.72 Å². The van der Waals surface area contributed by atoms with Crippen molar-refractivity contribution in [3.8, 4) is 0 Å². The van der Waals surface area contributed by atoms with E-state index in [0.29, 0.717) is 26.3 Å². The monoisotopic (exact) mass is 426 g/mol. The van der Waals surface area contributed by atoms with Crippen LogP contribution in [-0.4, -0.2) is 63.6 Å². The van der Waals surface area contributed by atoms with Crippen molar-refractivity contribution in [2.24, 2.45) is 5.92 Å². The fourth-order valence-corrected chi connectivity index (χ4v) is 4.18. The average Bonchev–Trinajstić information content (AvgIpc) is 2.67. The quantitative estimate of drug-likeness (QED) is 0.632. The zero-order valence-corrected chi connectivity index (χ0v) is 18.2. The summed E-state index contributed by atoms with van der Waals surface area (Å²) in [6.45, 7) is 8.88. The number of hydrogen-bond acceptors (Lipinski definition) is 6. The van der Waals surface area contributed by atoms with Gasteiger partial charge in [-0.2, -0.15) is 4.72 Å². The first-order valence-electron chi connectivity index (χ1n) is 9.76. The molecule has 2 unspecified atom stereocenters. The third-order valence-corrected chi connectivity index (χ3v) is 6.07. The van der Waals surface area contributed by atoms with Gasteiger partial charge in [-0.25, -0.2) is 8.42 Å². The number of morpholine rings is 1. The highest BCUT2D eigenvalue weighted by Gasteiger charge is 2.31. The Morgan fingerprint density at radius 2 is 1.72 bits per heavy atom. The largest absolute Gasteiger partial charge is 0.451 e. The lowest BCUT2D eigenvalue weighted by molar-refractivity contribution is -0.162. The molecule has 1 N–H and O–H groups in total. The second-order valence-corrected chi connectivity index (χ2v) is 9.35. The molecule has 1 fully saturated rings. The van der Waals surface area contributed by atoms with Crippen LogP contribution in [-0.2, 0) is 29.1 Å². The van der Waals surface area contributed by atoms with Gasteiger partial charge in [0.25, 0.3) is 5.91 Å². The first kappa shape index (κ1) is 23.3. The summed E-state index contributed by atoms with van der Waals surface area (Å²) in [6, 6.07) is 5.27. The van der Waals surface area contributed by atoms with Crippen LogP contribution in [0.5, 0.6) is 0 Å². The topological polar surface area (TPSA) is 102 Å². The molecular formula is C20H30N2O6S. The molecule has 8 nitrogen and oxygen atoms in total. The molecule has 0 bridgehead atoms. The number of nitrogens with one attached hydrogen (secondary N) is 1. The first-order chi connectivity index (χ1) is 13.6. The summed E-state index contributed by atoms with van der Waals surface area (Å²) >= 11 is 0. The number of carbonyl (C=O) groups excluding carboxylic acids is 2. The van der Waals surface area contributed by atoms with Crippen LogP contribution in [0.15, 0.2) is 29.2 Å². The third-order valence-electron chi connectivity index (χ3n) is 4.58. The molecule has 9 heteroatoms. The molecule has 1 saturated heterocycles. The lowest BCUT2D eigenvalue weighted by Crippen LogP contribution is -2.48. The Morgan fingerprint density at radius 3 is 2.28 bits per heavy atom. The van der Waals surface area contributed by atoms with E-state index < -0.39 is 28.1 Å². The van der Waals surface area contributed by atoms with Crippen molar-refractivity contribution in [1.29, 1.82) is 0 Å². The van der Waals surface area contributed by atoms with Crippen molar-refractivity contribution in [2.45, 2.75) is 51.2 Å². The van der Waals surface area contributed by atoms with Gasteiger partial charge in [-0.3, -0.25) is 9.59 Å². The number of nitrogens with zero attached hydrogens (tertiary/aromatic N) is 1. The molecule has 162 valence electrons. The van der Waals surface area contributed by atoms with Crippen LogP contribution >= 0.6 is 0 Å². The summed E-state index contributed by atoms with van der Waals surface area (Å²) in [6.07, 6.45) is -0.748. The summed E-state index contributed by atoms with van der Waals surface area (Å²) in [5, 5.41) is 0. The number of ether oxygens (including phenoxy) is 2. The minimum Gasteiger partial charge on any atom is -0.451 e. The molecular weight excluding hydrogens is 396 g/mol. The fraction of sp³-hybridized carbons (Fsp3) is 0.600. The molecule has 1 aliphatic rings. The fourth-order valence-electron chi connectivity index (χ4n) is 2.98. The second kappa shape index (κ2) is 10.2. The van der Waals surface area contributed by atoms with Gasteiger partial charge in [0, 0.05) is 13.1 Å². The van der Waals surface area contributed by atoms with Crippen molar-refractivity contribution in [3.63, 3.8) is 0 Å². The predicted octanol–water partition coefficient (Wildman–Crippen LogP) is 1.48. The van der Waals surface area contributed by atoms with Gasteiger partial charge in [-0.1, -0.05) is 31.5 Å². The van der Waals surface area contributed by atoms with E-state index >= 15 is 0 Å². The van der Waals surface area contributed by atoms with Gasteiger partial charge < -0.3 is 14.4 Å². The summed E-state index contributed by atoms with van der Waals surface area (Å²) in [7, 11) is -3.91. The summed E-state index contributed by atoms with van der Waals surface area (Å²) in [4.78, 5) is 26.8. The Kier molecular flexibility index (Phi) is 8.18. The van der Waals surface area contributed by atoms with Crippen molar-refractivity contribution >= 4 is 21.9 Å². The Bertz CT molecular complexity index is 801. The molecule has 1 aliphatic heterocycles. The molecule has 0 saturated carbocycles. The minimum absolute atomic E-state index is 0.0403. The molecule has 2 rings (SSSR count). The number of amides is 1. The molecule has 1 amide bonds. The van der Waals surface area contributed by atoms with E-state index in [1.165, 1.54) is 19.1 Å². The van der Waals surface area contributed by atoms with E-state index in [4.69, 9.17) is 9.47 Å². The lowest BCUT2D eigenvalue weighted by Gasteiger charge is -2.29. The van der Waals surface area contributed by atoms with Crippen molar-refractivity contribution in [2.75, 3.05) is 26.3 Å². The van der Waals surface area contributed by atoms with Gasteiger partial charge in [0.2, 0.25) is 10.0 Å². The summed E-state index contributed by atoms with van der Waals surface area (Å²) in [5.41, 5.74) is 0.928. The van der Waals surface area contributed by atoms with Gasteiger partial charge in [0.05, 0.1) is 18.1 Å². The van der Waals surface area contributed by atoms with Crippen LogP contribution in [0.2, 0.25) is 0 Å². The van der Waals surface area contributed by atoms with Crippen LogP contribution in [0.25, 0.3) is 0 Å². The normalized spacial score (nSPS) is 17.1. The molecule has 2 atom stereocenters. The number of esters is 1. The van der Waals surface area contributed by atoms with E-state index in [1.54, 1.807) is 17.0 Å². The number of sulfonamides is 1. The van der Waals surface area contributed by atoms with Gasteiger partial charge in [0.1, 0.15) is 6.04 Å². The molecule has 0 spiro atoms. The van der Waals surface area contributed by atoms with Gasteiger partial charge in [0.15, 0.2) is 6.10 Å². The van der Waals surface area contributed by atoms with Crippen LogP contribution in [0.1, 0.15) is 32.8 Å². The molecule has 1 aromatic rings. The maximum Gasteiger partial charge on any atom is 0.324 e. The van der Waals surface area contributed by atoms with Crippen LogP contribution in [0, 0.1) is 12.8 Å². The number of benzene rings is 1. The number of carbonyl (C=O) groups is 2. The van der Waals surface area contributed by atoms with E-state index in [-0.39, 0.29) is 23.1 Å². The van der Waals surface area contributed by atoms with Gasteiger partial charge >= 0.3 is 5.97 Å². The first-order valence-corrected chi connectivity index (χ1v) is 11.2. The Morgan fingerprint density at radius 1 is 1.14 bits per heavy atom. The zero-order chi connectivity index (χ0) is 21.6. The average molecular weight is 427 g/mol. The summed E-state index contributed by atoms with van der Waals surface area (Å²) in [5.74, 6) is -1.03. The third kappa shape index (κ3) is 6.80. The maximum atomic E-state index is 12.7. The second-order valence-electron chi connectivity index (χ2n) is 7.63. The molecule has 29 heavy (non-hydrogen) atoms. The van der Waals surface area contributed by atoms with Crippen LogP contribution < -0.4 is 4.72 Å². The molecule has 0 radical (unpaired) electrons. The molecule has 0 aliphatic carbocycles.